The minimum Gasteiger partial charge on any atom is -0.391 e. The van der Waals surface area contributed by atoms with Crippen LogP contribution in [0.5, 0.6) is 0 Å². The average molecular weight is 250 g/mol. The summed E-state index contributed by atoms with van der Waals surface area (Å²) in [6, 6.07) is 9.78. The molecule has 1 atom stereocenters. The van der Waals surface area contributed by atoms with E-state index in [2.05, 4.69) is 10.5 Å². The highest BCUT2D eigenvalue weighted by atomic mass is 16.6. The van der Waals surface area contributed by atoms with Crippen molar-refractivity contribution in [1.82, 2.24) is 5.32 Å². The van der Waals surface area contributed by atoms with Crippen molar-refractivity contribution < 1.29 is 9.94 Å². The fourth-order valence-corrected chi connectivity index (χ4v) is 1.26. The van der Waals surface area contributed by atoms with Crippen LogP contribution in [-0.2, 0) is 11.4 Å². The van der Waals surface area contributed by atoms with Gasteiger partial charge in [0.2, 0.25) is 0 Å². The zero-order valence-electron chi connectivity index (χ0n) is 11.3. The largest absolute Gasteiger partial charge is 0.391 e. The van der Waals surface area contributed by atoms with Gasteiger partial charge in [-0.2, -0.15) is 0 Å². The number of rotatable bonds is 6. The number of aliphatic hydroxyl groups excluding tert-OH is 1. The minimum absolute atomic E-state index is 0.0142. The summed E-state index contributed by atoms with van der Waals surface area (Å²) in [6.07, 6.45) is 0.766. The van der Waals surface area contributed by atoms with Crippen LogP contribution in [0.1, 0.15) is 26.3 Å². The van der Waals surface area contributed by atoms with Crippen LogP contribution in [0.3, 0.4) is 0 Å². The molecule has 0 aliphatic carbocycles. The summed E-state index contributed by atoms with van der Waals surface area (Å²) in [7, 11) is 0. The maximum atomic E-state index is 9.62. The summed E-state index contributed by atoms with van der Waals surface area (Å²) in [6.45, 7) is 7.01. The Morgan fingerprint density at radius 1 is 1.33 bits per heavy atom. The standard InChI is InChI=1S/C14H22N2O2/c1-14(2,3)15-9-13(17)10-16-18-11-12-7-5-4-6-8-12/h4-8,10,13,15,17H,9,11H2,1-3H3/b16-10-. The second-order valence-corrected chi connectivity index (χ2v) is 5.21. The van der Waals surface area contributed by atoms with E-state index in [0.717, 1.165) is 5.56 Å². The molecule has 0 saturated heterocycles. The van der Waals surface area contributed by atoms with Crippen LogP contribution < -0.4 is 5.32 Å². The molecule has 4 nitrogen and oxygen atoms in total. The van der Waals surface area contributed by atoms with Crippen molar-refractivity contribution >= 4 is 6.21 Å². The maximum absolute atomic E-state index is 9.62. The van der Waals surface area contributed by atoms with E-state index in [9.17, 15) is 5.11 Å². The highest BCUT2D eigenvalue weighted by Gasteiger charge is 2.10. The zero-order chi connectivity index (χ0) is 13.4. The minimum atomic E-state index is -0.639. The van der Waals surface area contributed by atoms with Crippen molar-refractivity contribution in [3.05, 3.63) is 35.9 Å². The normalized spacial score (nSPS) is 13.8. The van der Waals surface area contributed by atoms with Crippen molar-refractivity contribution in [3.8, 4) is 0 Å². The fourth-order valence-electron chi connectivity index (χ4n) is 1.26. The third-order valence-corrected chi connectivity index (χ3v) is 2.22. The summed E-state index contributed by atoms with van der Waals surface area (Å²) < 4.78 is 0. The average Bonchev–Trinajstić information content (AvgIpc) is 2.33. The Hall–Kier alpha value is -1.39. The molecule has 0 aromatic heterocycles. The molecule has 1 aromatic rings. The number of benzene rings is 1. The van der Waals surface area contributed by atoms with Gasteiger partial charge >= 0.3 is 0 Å². The zero-order valence-corrected chi connectivity index (χ0v) is 11.3. The van der Waals surface area contributed by atoms with E-state index in [1.807, 2.05) is 51.1 Å². The van der Waals surface area contributed by atoms with Gasteiger partial charge in [-0.1, -0.05) is 35.5 Å². The molecule has 0 fully saturated rings. The summed E-state index contributed by atoms with van der Waals surface area (Å²) in [5, 5.41) is 16.6. The molecule has 0 radical (unpaired) electrons. The molecule has 0 aliphatic rings. The lowest BCUT2D eigenvalue weighted by atomic mass is 10.1. The van der Waals surface area contributed by atoms with Gasteiger partial charge in [0.05, 0.1) is 6.21 Å². The highest BCUT2D eigenvalue weighted by Crippen LogP contribution is 2.00. The molecule has 0 aliphatic heterocycles. The predicted molar refractivity (Wildman–Crippen MR) is 73.5 cm³/mol. The van der Waals surface area contributed by atoms with Gasteiger partial charge in [-0.3, -0.25) is 0 Å². The van der Waals surface area contributed by atoms with Gasteiger partial charge in [-0.25, -0.2) is 0 Å². The topological polar surface area (TPSA) is 53.8 Å². The van der Waals surface area contributed by atoms with E-state index in [0.29, 0.717) is 13.2 Å². The van der Waals surface area contributed by atoms with Crippen LogP contribution in [0.25, 0.3) is 0 Å². The van der Waals surface area contributed by atoms with Crippen molar-refractivity contribution in [1.29, 1.82) is 0 Å². The molecule has 1 unspecified atom stereocenters. The molecule has 0 amide bonds. The first-order chi connectivity index (χ1) is 8.47. The first-order valence-corrected chi connectivity index (χ1v) is 6.10. The van der Waals surface area contributed by atoms with Crippen LogP contribution in [0, 0.1) is 0 Å². The third kappa shape index (κ3) is 7.04. The molecule has 1 rings (SSSR count). The van der Waals surface area contributed by atoms with Crippen LogP contribution in [-0.4, -0.2) is 29.5 Å². The molecule has 1 aromatic carbocycles. The monoisotopic (exact) mass is 250 g/mol. The number of nitrogens with one attached hydrogen (secondary N) is 1. The molecular formula is C14H22N2O2. The van der Waals surface area contributed by atoms with E-state index in [4.69, 9.17) is 4.84 Å². The molecule has 4 heteroatoms. The Labute approximate surface area is 109 Å². The number of nitrogens with zero attached hydrogens (tertiary/aromatic N) is 1. The smallest absolute Gasteiger partial charge is 0.142 e. The maximum Gasteiger partial charge on any atom is 0.142 e. The molecule has 0 saturated carbocycles. The predicted octanol–water partition coefficient (Wildman–Crippen LogP) is 1.94. The van der Waals surface area contributed by atoms with E-state index < -0.39 is 6.10 Å². The number of β-amino-alcohol motifs (C(OH)–C–C–N with tert-alkyl or cyclic N) is 1. The summed E-state index contributed by atoms with van der Waals surface area (Å²) >= 11 is 0. The van der Waals surface area contributed by atoms with Gasteiger partial charge in [-0.05, 0) is 26.3 Å². The van der Waals surface area contributed by atoms with Gasteiger partial charge in [-0.15, -0.1) is 0 Å². The van der Waals surface area contributed by atoms with Gasteiger partial charge < -0.3 is 15.3 Å². The summed E-state index contributed by atoms with van der Waals surface area (Å²) in [5.74, 6) is 0. The lowest BCUT2D eigenvalue weighted by Gasteiger charge is -2.21. The van der Waals surface area contributed by atoms with Crippen LogP contribution >= 0.6 is 0 Å². The Kier molecular flexibility index (Phi) is 5.82. The van der Waals surface area contributed by atoms with E-state index in [-0.39, 0.29) is 5.54 Å². The summed E-state index contributed by atoms with van der Waals surface area (Å²) in [5.41, 5.74) is 1.04. The second kappa shape index (κ2) is 7.13. The lowest BCUT2D eigenvalue weighted by Crippen LogP contribution is -2.41. The van der Waals surface area contributed by atoms with Crippen molar-refractivity contribution in [2.45, 2.75) is 39.0 Å². The Balaban J connectivity index is 2.20. The molecular weight excluding hydrogens is 228 g/mol. The number of oxime groups is 1. The van der Waals surface area contributed by atoms with Crippen molar-refractivity contribution in [2.24, 2.45) is 5.16 Å². The van der Waals surface area contributed by atoms with Gasteiger partial charge in [0.15, 0.2) is 0 Å². The van der Waals surface area contributed by atoms with E-state index in [1.54, 1.807) is 0 Å². The number of aliphatic hydroxyl groups is 1. The first kappa shape index (κ1) is 14.7. The molecule has 0 bridgehead atoms. The number of hydrogen-bond acceptors (Lipinski definition) is 4. The third-order valence-electron chi connectivity index (χ3n) is 2.22. The lowest BCUT2D eigenvalue weighted by molar-refractivity contribution is 0.126. The van der Waals surface area contributed by atoms with Gasteiger partial charge in [0.1, 0.15) is 12.7 Å². The quantitative estimate of drug-likeness (QED) is 0.599. The van der Waals surface area contributed by atoms with Crippen LogP contribution in [0.15, 0.2) is 35.5 Å². The van der Waals surface area contributed by atoms with Crippen LogP contribution in [0.2, 0.25) is 0 Å². The summed E-state index contributed by atoms with van der Waals surface area (Å²) in [4.78, 5) is 5.10. The van der Waals surface area contributed by atoms with E-state index >= 15 is 0 Å². The Bertz CT molecular complexity index is 358. The van der Waals surface area contributed by atoms with Gasteiger partial charge in [0, 0.05) is 12.1 Å². The Morgan fingerprint density at radius 3 is 2.61 bits per heavy atom. The van der Waals surface area contributed by atoms with Crippen molar-refractivity contribution in [2.75, 3.05) is 6.54 Å². The molecule has 0 spiro atoms. The van der Waals surface area contributed by atoms with Gasteiger partial charge in [0.25, 0.3) is 0 Å². The highest BCUT2D eigenvalue weighted by molar-refractivity contribution is 5.62. The van der Waals surface area contributed by atoms with Crippen LogP contribution in [0.4, 0.5) is 0 Å². The molecule has 100 valence electrons. The van der Waals surface area contributed by atoms with Crippen molar-refractivity contribution in [3.63, 3.8) is 0 Å². The Morgan fingerprint density at radius 2 is 2.00 bits per heavy atom. The molecule has 18 heavy (non-hydrogen) atoms. The second-order valence-electron chi connectivity index (χ2n) is 5.21. The van der Waals surface area contributed by atoms with E-state index in [1.165, 1.54) is 6.21 Å². The first-order valence-electron chi connectivity index (χ1n) is 6.10. The fraction of sp³-hybridized carbons (Fsp3) is 0.500. The molecule has 2 N–H and O–H groups in total. The number of hydrogen-bond donors (Lipinski definition) is 2. The molecule has 0 heterocycles. The SMILES string of the molecule is CC(C)(C)NCC(O)/C=N\OCc1ccccc1.